The Morgan fingerprint density at radius 3 is 1.30 bits per heavy atom. The van der Waals surface area contributed by atoms with Crippen LogP contribution in [0.15, 0.2) is 30.3 Å². The highest BCUT2D eigenvalue weighted by atomic mass is 16.6. The van der Waals surface area contributed by atoms with Gasteiger partial charge in [-0.05, 0) is 94.2 Å². The smallest absolute Gasteiger partial charge is 0.329 e. The molecule has 12 nitrogen and oxygen atoms in total. The SMILES string of the molecule is CC(C)[C@H](NC(=O)C(C)(C)NC(=O)C(C)(C)NC(=O)C(C)(C)NC(=O)C(C)(C)NC(=O)c1ccccc1)C(=O)OC(C)(C)C. The third kappa shape index (κ3) is 10.9. The summed E-state index contributed by atoms with van der Waals surface area (Å²) in [6, 6.07) is 7.45. The van der Waals surface area contributed by atoms with Crippen molar-refractivity contribution in [2.75, 3.05) is 0 Å². The van der Waals surface area contributed by atoms with E-state index in [1.165, 1.54) is 55.4 Å². The summed E-state index contributed by atoms with van der Waals surface area (Å²) in [4.78, 5) is 78.2. The molecule has 0 saturated carbocycles. The molecule has 0 aliphatic rings. The van der Waals surface area contributed by atoms with Gasteiger partial charge in [0, 0.05) is 5.56 Å². The Kier molecular flexibility index (Phi) is 11.9. The van der Waals surface area contributed by atoms with E-state index >= 15 is 0 Å². The predicted octanol–water partition coefficient (Wildman–Crippen LogP) is 2.36. The van der Waals surface area contributed by atoms with Gasteiger partial charge in [-0.3, -0.25) is 24.0 Å². The molecule has 0 saturated heterocycles. The van der Waals surface area contributed by atoms with E-state index in [2.05, 4.69) is 26.6 Å². The van der Waals surface area contributed by atoms with Crippen molar-refractivity contribution in [3.8, 4) is 0 Å². The summed E-state index contributed by atoms with van der Waals surface area (Å²) < 4.78 is 5.43. The maximum atomic E-state index is 13.3. The highest BCUT2D eigenvalue weighted by Gasteiger charge is 2.42. The maximum absolute atomic E-state index is 13.3. The largest absolute Gasteiger partial charge is 0.458 e. The number of benzene rings is 1. The summed E-state index contributed by atoms with van der Waals surface area (Å²) >= 11 is 0. The number of amides is 5. The first-order valence-electron chi connectivity index (χ1n) is 14.6. The molecule has 1 atom stereocenters. The number of esters is 1. The van der Waals surface area contributed by atoms with Crippen LogP contribution in [0.25, 0.3) is 0 Å². The van der Waals surface area contributed by atoms with E-state index in [1.54, 1.807) is 65.0 Å². The molecule has 1 rings (SSSR count). The molecule has 0 bridgehead atoms. The monoisotopic (exact) mass is 617 g/mol. The van der Waals surface area contributed by atoms with Crippen LogP contribution in [-0.4, -0.2) is 69.3 Å². The zero-order chi connectivity index (χ0) is 34.5. The second kappa shape index (κ2) is 13.8. The number of nitrogens with one attached hydrogen (secondary N) is 5. The molecule has 5 N–H and O–H groups in total. The van der Waals surface area contributed by atoms with Gasteiger partial charge in [-0.2, -0.15) is 0 Å². The van der Waals surface area contributed by atoms with Gasteiger partial charge in [-0.1, -0.05) is 32.0 Å². The molecule has 0 unspecified atom stereocenters. The van der Waals surface area contributed by atoms with Gasteiger partial charge in [0.15, 0.2) is 0 Å². The Morgan fingerprint density at radius 2 is 0.932 bits per heavy atom. The van der Waals surface area contributed by atoms with Crippen LogP contribution in [0.2, 0.25) is 0 Å². The minimum Gasteiger partial charge on any atom is -0.458 e. The second-order valence-electron chi connectivity index (χ2n) is 14.4. The van der Waals surface area contributed by atoms with Gasteiger partial charge in [-0.25, -0.2) is 4.79 Å². The maximum Gasteiger partial charge on any atom is 0.329 e. The summed E-state index contributed by atoms with van der Waals surface area (Å²) in [6.45, 7) is 20.5. The van der Waals surface area contributed by atoms with Crippen LogP contribution in [0.4, 0.5) is 0 Å². The number of ether oxygens (including phenoxy) is 1. The molecular weight excluding hydrogens is 566 g/mol. The lowest BCUT2D eigenvalue weighted by molar-refractivity contribution is -0.160. The quantitative estimate of drug-likeness (QED) is 0.224. The standard InChI is InChI=1S/C32H51N5O7/c1-19(2)21(23(39)44-28(3,4)5)33-24(40)29(6,7)35-26(42)31(10,11)37-27(43)32(12,13)36-25(41)30(8,9)34-22(38)20-17-15-14-16-18-20/h14-19,21H,1-13H3,(H,33,40)(H,34,38)(H,35,42)(H,36,41)(H,37,43)/t21-/m0/s1. The molecule has 0 aromatic heterocycles. The Balaban J connectivity index is 2.93. The highest BCUT2D eigenvalue weighted by molar-refractivity contribution is 6.02. The Morgan fingerprint density at radius 1 is 0.568 bits per heavy atom. The normalized spacial score (nSPS) is 13.3. The van der Waals surface area contributed by atoms with E-state index in [1.807, 2.05) is 0 Å². The number of carbonyl (C=O) groups is 6. The van der Waals surface area contributed by atoms with E-state index in [4.69, 9.17) is 4.74 Å². The van der Waals surface area contributed by atoms with Crippen molar-refractivity contribution < 1.29 is 33.5 Å². The van der Waals surface area contributed by atoms with Gasteiger partial charge in [-0.15, -0.1) is 0 Å². The van der Waals surface area contributed by atoms with Crippen LogP contribution >= 0.6 is 0 Å². The van der Waals surface area contributed by atoms with E-state index < -0.39 is 69.3 Å². The fourth-order valence-electron chi connectivity index (χ4n) is 3.68. The second-order valence-corrected chi connectivity index (χ2v) is 14.4. The topological polar surface area (TPSA) is 172 Å². The van der Waals surface area contributed by atoms with Crippen molar-refractivity contribution in [1.82, 2.24) is 26.6 Å². The lowest BCUT2D eigenvalue weighted by atomic mass is 9.94. The molecule has 0 fully saturated rings. The number of hydrogen-bond donors (Lipinski definition) is 5. The Labute approximate surface area is 261 Å². The number of hydrogen-bond acceptors (Lipinski definition) is 7. The molecule has 44 heavy (non-hydrogen) atoms. The van der Waals surface area contributed by atoms with E-state index in [9.17, 15) is 28.8 Å². The first-order chi connectivity index (χ1) is 19.7. The highest BCUT2D eigenvalue weighted by Crippen LogP contribution is 2.16. The van der Waals surface area contributed by atoms with Gasteiger partial charge < -0.3 is 31.3 Å². The summed E-state index contributed by atoms with van der Waals surface area (Å²) in [5, 5.41) is 13.2. The average Bonchev–Trinajstić information content (AvgIpc) is 2.85. The summed E-state index contributed by atoms with van der Waals surface area (Å²) in [6.07, 6.45) is 0. The summed E-state index contributed by atoms with van der Waals surface area (Å²) in [5.74, 6) is -3.93. The number of rotatable bonds is 12. The molecule has 0 aliphatic carbocycles. The van der Waals surface area contributed by atoms with Crippen LogP contribution in [0, 0.1) is 5.92 Å². The lowest BCUT2D eigenvalue weighted by Crippen LogP contribution is -2.68. The van der Waals surface area contributed by atoms with Crippen molar-refractivity contribution in [1.29, 1.82) is 0 Å². The van der Waals surface area contributed by atoms with E-state index in [-0.39, 0.29) is 5.92 Å². The fourth-order valence-corrected chi connectivity index (χ4v) is 3.68. The molecule has 246 valence electrons. The molecule has 1 aromatic rings. The van der Waals surface area contributed by atoms with Crippen LogP contribution in [-0.2, 0) is 28.7 Å². The molecule has 0 spiro atoms. The first-order valence-corrected chi connectivity index (χ1v) is 14.6. The Bertz CT molecular complexity index is 1250. The van der Waals surface area contributed by atoms with Crippen LogP contribution in [0.3, 0.4) is 0 Å². The average molecular weight is 618 g/mol. The molecule has 0 heterocycles. The van der Waals surface area contributed by atoms with E-state index in [0.717, 1.165) is 0 Å². The lowest BCUT2D eigenvalue weighted by Gasteiger charge is -2.36. The van der Waals surface area contributed by atoms with Crippen molar-refractivity contribution in [2.45, 2.75) is 124 Å². The minimum absolute atomic E-state index is 0.287. The minimum atomic E-state index is -1.52. The zero-order valence-electron chi connectivity index (χ0n) is 28.4. The van der Waals surface area contributed by atoms with Gasteiger partial charge >= 0.3 is 5.97 Å². The molecule has 12 heteroatoms. The van der Waals surface area contributed by atoms with Crippen molar-refractivity contribution >= 4 is 35.5 Å². The van der Waals surface area contributed by atoms with E-state index in [0.29, 0.717) is 5.56 Å². The summed E-state index contributed by atoms with van der Waals surface area (Å²) in [5.41, 5.74) is -6.23. The molecular formula is C32H51N5O7. The Hall–Kier alpha value is -3.96. The van der Waals surface area contributed by atoms with Gasteiger partial charge in [0.25, 0.3) is 5.91 Å². The van der Waals surface area contributed by atoms with Crippen LogP contribution < -0.4 is 26.6 Å². The third-order valence-electron chi connectivity index (χ3n) is 6.62. The molecule has 0 aliphatic heterocycles. The van der Waals surface area contributed by atoms with Gasteiger partial charge in [0.05, 0.1) is 0 Å². The van der Waals surface area contributed by atoms with Gasteiger partial charge in [0.2, 0.25) is 23.6 Å². The molecule has 0 radical (unpaired) electrons. The number of carbonyl (C=O) groups excluding carboxylic acids is 6. The van der Waals surface area contributed by atoms with Crippen molar-refractivity contribution in [3.63, 3.8) is 0 Å². The predicted molar refractivity (Wildman–Crippen MR) is 167 cm³/mol. The molecule has 1 aromatic carbocycles. The van der Waals surface area contributed by atoms with Crippen LogP contribution in [0.1, 0.15) is 100 Å². The molecule has 5 amide bonds. The van der Waals surface area contributed by atoms with Crippen molar-refractivity contribution in [2.24, 2.45) is 5.92 Å². The first kappa shape index (κ1) is 38.1. The van der Waals surface area contributed by atoms with Crippen molar-refractivity contribution in [3.05, 3.63) is 35.9 Å². The summed E-state index contributed by atoms with van der Waals surface area (Å²) in [7, 11) is 0. The van der Waals surface area contributed by atoms with Crippen LogP contribution in [0.5, 0.6) is 0 Å². The zero-order valence-corrected chi connectivity index (χ0v) is 28.4. The third-order valence-corrected chi connectivity index (χ3v) is 6.62. The fraction of sp³-hybridized carbons (Fsp3) is 0.625. The van der Waals surface area contributed by atoms with Gasteiger partial charge in [0.1, 0.15) is 33.8 Å².